The Bertz CT molecular complexity index is 5680. The van der Waals surface area contributed by atoms with Gasteiger partial charge in [0.05, 0.1) is 126 Å². The summed E-state index contributed by atoms with van der Waals surface area (Å²) in [6.45, 7) is 16.4. The van der Waals surface area contributed by atoms with E-state index in [1.54, 1.807) is 93.4 Å². The molecule has 0 saturated carbocycles. The lowest BCUT2D eigenvalue weighted by molar-refractivity contribution is -0.139. The second-order valence-corrected chi connectivity index (χ2v) is 35.8. The molecule has 0 amide bonds. The van der Waals surface area contributed by atoms with E-state index in [0.717, 1.165) is 17.7 Å². The molecule has 4 aromatic heterocycles. The number of rotatable bonds is 39. The average Bonchev–Trinajstić information content (AvgIpc) is 1.30. The topological polar surface area (TPSA) is 409 Å². The van der Waals surface area contributed by atoms with Crippen molar-refractivity contribution in [1.29, 1.82) is 0 Å². The Morgan fingerprint density at radius 2 is 0.681 bits per heavy atom. The van der Waals surface area contributed by atoms with Gasteiger partial charge in [-0.15, -0.1) is 45.3 Å². The van der Waals surface area contributed by atoms with Crippen LogP contribution in [0.1, 0.15) is 113 Å². The second kappa shape index (κ2) is 54.0. The highest BCUT2D eigenvalue weighted by Crippen LogP contribution is 2.41. The maximum absolute atomic E-state index is 15.0. The summed E-state index contributed by atoms with van der Waals surface area (Å²) in [6, 6.07) is 18.1. The fourth-order valence-corrected chi connectivity index (χ4v) is 19.0. The number of morpholine rings is 4. The van der Waals surface area contributed by atoms with Crippen molar-refractivity contribution in [3.63, 3.8) is 0 Å². The van der Waals surface area contributed by atoms with Crippen molar-refractivity contribution in [3.05, 3.63) is 253 Å². The van der Waals surface area contributed by atoms with Crippen LogP contribution in [0, 0.1) is 29.1 Å². The number of methoxy groups -OCH3 is 1. The number of hydrogen-bond donors (Lipinski definition) is 4. The van der Waals surface area contributed by atoms with Crippen molar-refractivity contribution in [2.45, 2.75) is 95.0 Å². The first-order chi connectivity index (χ1) is 68.7. The third kappa shape index (κ3) is 28.8. The molecule has 46 heteroatoms. The fourth-order valence-electron chi connectivity index (χ4n) is 16.4. The predicted octanol–water partition coefficient (Wildman–Crippen LogP) is 10.2. The third-order valence-corrected chi connectivity index (χ3v) is 26.3. The van der Waals surface area contributed by atoms with E-state index in [0.29, 0.717) is 228 Å². The molecular weight excluding hydrogens is 1940 g/mol. The molecule has 8 aliphatic heterocycles. The zero-order chi connectivity index (χ0) is 99.5. The normalized spacial score (nSPS) is 20.6. The molecule has 16 rings (SSSR count). The largest absolute Gasteiger partial charge is 0.468 e. The van der Waals surface area contributed by atoms with E-state index >= 15 is 0 Å². The molecule has 0 radical (unpaired) electrons. The molecule has 750 valence electrons. The molecular formula is C95H104ClF5N16O20S4. The van der Waals surface area contributed by atoms with Gasteiger partial charge in [-0.2, -0.15) is 0 Å². The number of aromatic nitrogens is 4. The van der Waals surface area contributed by atoms with Crippen LogP contribution in [0.3, 0.4) is 0 Å². The van der Waals surface area contributed by atoms with Gasteiger partial charge < -0.3 is 78.1 Å². The lowest BCUT2D eigenvalue weighted by Crippen LogP contribution is -2.46. The Labute approximate surface area is 829 Å². The minimum Gasteiger partial charge on any atom is -0.468 e. The summed E-state index contributed by atoms with van der Waals surface area (Å²) in [6.07, 6.45) is 8.30. The Kier molecular flexibility index (Phi) is 40.6. The summed E-state index contributed by atoms with van der Waals surface area (Å²) in [5.74, 6) is -5.89. The van der Waals surface area contributed by atoms with Crippen LogP contribution in [0.25, 0.3) is 0 Å². The number of aliphatic imine (C=N–C) groups is 4. The number of carbonyl (C=O) groups excluding carboxylic acids is 8. The van der Waals surface area contributed by atoms with Crippen molar-refractivity contribution >= 4 is 130 Å². The predicted molar refractivity (Wildman–Crippen MR) is 510 cm³/mol. The van der Waals surface area contributed by atoms with E-state index in [-0.39, 0.29) is 110 Å². The van der Waals surface area contributed by atoms with Gasteiger partial charge in [-0.05, 0) is 45.0 Å². The number of thiazole rings is 4. The van der Waals surface area contributed by atoms with Crippen LogP contribution in [-0.2, 0) is 95.2 Å². The molecule has 4 saturated heterocycles. The Morgan fingerprint density at radius 1 is 0.390 bits per heavy atom. The van der Waals surface area contributed by atoms with Gasteiger partial charge in [0, 0.05) is 201 Å². The summed E-state index contributed by atoms with van der Waals surface area (Å²) in [7, 11) is 1.29. The van der Waals surface area contributed by atoms with Crippen molar-refractivity contribution in [3.8, 4) is 0 Å². The molecule has 0 spiro atoms. The molecule has 4 aromatic carbocycles. The third-order valence-electron chi connectivity index (χ3n) is 22.8. The van der Waals surface area contributed by atoms with Gasteiger partial charge in [0.1, 0.15) is 35.8 Å². The molecule has 36 nitrogen and oxygen atoms in total. The van der Waals surface area contributed by atoms with E-state index in [4.69, 9.17) is 78.4 Å². The molecule has 0 unspecified atom stereocenters. The maximum Gasteiger partial charge on any atom is 0.338 e. The summed E-state index contributed by atoms with van der Waals surface area (Å²) < 4.78 is 136. The Morgan fingerprint density at radius 3 is 0.965 bits per heavy atom. The zero-order valence-electron chi connectivity index (χ0n) is 77.2. The van der Waals surface area contributed by atoms with Gasteiger partial charge in [0.25, 0.3) is 25.9 Å². The molecule has 0 aliphatic carbocycles. The Hall–Kier alpha value is -12.4. The van der Waals surface area contributed by atoms with Crippen LogP contribution >= 0.6 is 56.9 Å². The first-order valence-corrected chi connectivity index (χ1v) is 49.1. The first-order valence-electron chi connectivity index (χ1n) is 45.2. The molecule has 141 heavy (non-hydrogen) atoms. The van der Waals surface area contributed by atoms with Gasteiger partial charge >= 0.3 is 23.9 Å². The summed E-state index contributed by atoms with van der Waals surface area (Å²) >= 11 is 12.1. The number of halogens is 6. The number of nitrogens with one attached hydrogen (secondary N) is 4. The quantitative estimate of drug-likeness (QED) is 0.00694. The standard InChI is InChI=1S/C24H27ClN4O5S.C24H25F3N4O5S.C24H27FN4O5S.C23H25FN4O5S/c1-2-33-24(31)20-19(14-29-9-11-34-16(13-29)7-10-32-15-30)27-22(23-26-8-12-35-23)28-21(20)17-5-3-4-6-18(17)25;1-2-35-24(33)18-17(12-31-7-9-36-14(11-31)5-8-34-13-32)29-22(23-28-6-10-37-23)30-21(18)15-3-4-16(25)20(27)19(15)26;1-2-33-24(31)20-19(14-29-9-11-34-16(13-29)7-10-32-15-30)27-22(23-26-8-12-35-23)28-21(20)17-5-3-4-6-18(17)25;1-31-23(30)19-18(13-28-8-10-33-15(12-28)6-9-32-14-29)26-21(22-25-7-11-34-22)27-20(19)16-4-2-3-5-17(16)24/h3-6,8,12,15-16,21H,2,7,9-11,13-14H2,1H3,(H,27,28);3-4,6,10,13-14,21H,2,5,7-9,11-12H2,1H3,(H,29,30);3-6,8,12,15-16,21H,2,7,9-11,13-14H2,1H3,(H,27,28);2-5,7,11,14-15,20H,6,8-10,12-13H2,1H3,(H,26,27)/t16-,21+;14-,21+;16-,21+;15-,20+/m1111/s1. The van der Waals surface area contributed by atoms with E-state index in [2.05, 4.69) is 65.9 Å². The van der Waals surface area contributed by atoms with E-state index in [1.807, 2.05) is 39.2 Å². The van der Waals surface area contributed by atoms with Crippen LogP contribution in [-0.4, -0.2) is 295 Å². The molecule has 8 atom stereocenters. The lowest BCUT2D eigenvalue weighted by Gasteiger charge is -2.35. The number of hydrogen-bond acceptors (Lipinski definition) is 40. The van der Waals surface area contributed by atoms with Gasteiger partial charge in [0.2, 0.25) is 0 Å². The monoisotopic (exact) mass is 2050 g/mol. The second-order valence-electron chi connectivity index (χ2n) is 31.9. The molecule has 4 N–H and O–H groups in total. The summed E-state index contributed by atoms with van der Waals surface area (Å²) in [5.41, 5.74) is 4.13. The first kappa shape index (κ1) is 106. The number of nitrogens with zero attached hydrogens (tertiary/aromatic N) is 12. The van der Waals surface area contributed by atoms with Crippen molar-refractivity contribution in [2.75, 3.05) is 158 Å². The molecule has 12 heterocycles. The van der Waals surface area contributed by atoms with Crippen molar-refractivity contribution < 1.29 is 117 Å². The summed E-state index contributed by atoms with van der Waals surface area (Å²) in [5, 5.41) is 23.3. The average molecular weight is 2050 g/mol. The van der Waals surface area contributed by atoms with Crippen molar-refractivity contribution in [1.82, 2.24) is 60.8 Å². The SMILES string of the molecule is CCOC(=O)C1=C(CN2CCO[C@H](CCOC=O)C2)NC(c2nccs2)=N[C@H]1c1ccc(F)c(F)c1F.CCOC(=O)C1=C(CN2CCO[C@H](CCOC=O)C2)NC(c2nccs2)=N[C@H]1c1ccccc1Cl.CCOC(=O)C1=C(CN2CCO[C@H](CCOC=O)C2)NC(c2nccs2)=N[C@H]1c1ccccc1F.COC(=O)C1=C(CN2CCO[C@H](CCOC=O)C2)NC(c2nccs2)=N[C@H]1c1ccccc1F. The van der Waals surface area contributed by atoms with Gasteiger partial charge in [-0.3, -0.25) is 58.7 Å². The van der Waals surface area contributed by atoms with E-state index in [1.165, 1.54) is 64.6 Å². The highest BCUT2D eigenvalue weighted by atomic mass is 35.5. The van der Waals surface area contributed by atoms with Crippen LogP contribution in [0.4, 0.5) is 22.0 Å². The smallest absolute Gasteiger partial charge is 0.338 e. The molecule has 8 aromatic rings. The highest BCUT2D eigenvalue weighted by Gasteiger charge is 2.42. The Balaban J connectivity index is 0.000000158. The van der Waals surface area contributed by atoms with E-state index in [9.17, 15) is 60.3 Å². The molecule has 0 bridgehead atoms. The minimum absolute atomic E-state index is 0.0144. The molecule has 4 fully saturated rings. The van der Waals surface area contributed by atoms with Crippen LogP contribution in [0.2, 0.25) is 5.02 Å². The van der Waals surface area contributed by atoms with Gasteiger partial charge in [-0.25, -0.2) is 61.1 Å². The van der Waals surface area contributed by atoms with Crippen LogP contribution in [0.15, 0.2) is 196 Å². The minimum atomic E-state index is -1.65. The number of benzene rings is 4. The zero-order valence-corrected chi connectivity index (χ0v) is 81.2. The number of amidine groups is 4. The van der Waals surface area contributed by atoms with Crippen LogP contribution < -0.4 is 21.3 Å². The maximum atomic E-state index is 15.0. The van der Waals surface area contributed by atoms with E-state index < -0.39 is 77.1 Å². The van der Waals surface area contributed by atoms with Gasteiger partial charge in [-0.1, -0.05) is 72.3 Å². The number of esters is 4. The van der Waals surface area contributed by atoms with Crippen LogP contribution in [0.5, 0.6) is 0 Å². The lowest BCUT2D eigenvalue weighted by atomic mass is 9.94. The number of carbonyl (C=O) groups is 8. The summed E-state index contributed by atoms with van der Waals surface area (Å²) in [4.78, 5) is 139. The van der Waals surface area contributed by atoms with Gasteiger partial charge in [0.15, 0.2) is 60.8 Å². The molecule has 8 aliphatic rings. The fraction of sp³-hybridized carbons (Fsp3) is 0.411. The van der Waals surface area contributed by atoms with Crippen molar-refractivity contribution in [2.24, 2.45) is 20.0 Å². The number of ether oxygens (including phenoxy) is 12. The highest BCUT2D eigenvalue weighted by molar-refractivity contribution is 7.12.